The van der Waals surface area contributed by atoms with Crippen LogP contribution in [0.5, 0.6) is 0 Å². The van der Waals surface area contributed by atoms with Gasteiger partial charge in [0.1, 0.15) is 15.7 Å². The largest absolute Gasteiger partial charge is 0.332 e. The highest BCUT2D eigenvalue weighted by molar-refractivity contribution is 7.90. The van der Waals surface area contributed by atoms with Gasteiger partial charge in [0.15, 0.2) is 0 Å². The van der Waals surface area contributed by atoms with E-state index in [1.165, 1.54) is 18.4 Å². The molecule has 1 heterocycles. The second-order valence-corrected chi connectivity index (χ2v) is 7.76. The van der Waals surface area contributed by atoms with Crippen LogP contribution in [0, 0.1) is 11.2 Å². The maximum Gasteiger partial charge on any atom is 0.234 e. The second kappa shape index (κ2) is 5.97. The van der Waals surface area contributed by atoms with Gasteiger partial charge < -0.3 is 5.32 Å². The molecule has 6 heteroatoms. The van der Waals surface area contributed by atoms with E-state index in [9.17, 15) is 17.6 Å². The molecule has 0 saturated carbocycles. The highest BCUT2D eigenvalue weighted by Crippen LogP contribution is 2.34. The lowest BCUT2D eigenvalue weighted by atomic mass is 9.78. The molecule has 1 aromatic carbocycles. The number of amides is 1. The van der Waals surface area contributed by atoms with Crippen LogP contribution < -0.4 is 5.32 Å². The molecule has 0 aromatic heterocycles. The monoisotopic (exact) mass is 311 g/mol. The number of hydrogen-bond donors (Lipinski definition) is 1. The molecule has 0 fully saturated rings. The highest BCUT2D eigenvalue weighted by atomic mass is 32.2. The van der Waals surface area contributed by atoms with Crippen molar-refractivity contribution in [3.05, 3.63) is 47.9 Å². The average molecular weight is 311 g/mol. The predicted molar refractivity (Wildman–Crippen MR) is 78.8 cm³/mol. The molecule has 1 N–H and O–H groups in total. The van der Waals surface area contributed by atoms with E-state index >= 15 is 0 Å². The summed E-state index contributed by atoms with van der Waals surface area (Å²) in [6.07, 6.45) is 5.84. The van der Waals surface area contributed by atoms with Gasteiger partial charge in [-0.2, -0.15) is 0 Å². The van der Waals surface area contributed by atoms with Gasteiger partial charge in [0.2, 0.25) is 5.91 Å². The quantitative estimate of drug-likeness (QED) is 0.871. The summed E-state index contributed by atoms with van der Waals surface area (Å²) in [5.41, 5.74) is 0.0974. The minimum Gasteiger partial charge on any atom is -0.332 e. The number of halogens is 1. The fourth-order valence-electron chi connectivity index (χ4n) is 2.54. The number of sulfone groups is 1. The van der Waals surface area contributed by atoms with Crippen LogP contribution in [0.1, 0.15) is 18.4 Å². The van der Waals surface area contributed by atoms with Gasteiger partial charge in [-0.3, -0.25) is 4.79 Å². The zero-order valence-electron chi connectivity index (χ0n) is 11.8. The summed E-state index contributed by atoms with van der Waals surface area (Å²) in [4.78, 5) is 12.1. The molecular formula is C15H18FNO3S. The van der Waals surface area contributed by atoms with Crippen molar-refractivity contribution < 1.29 is 17.6 Å². The molecule has 2 rings (SSSR count). The summed E-state index contributed by atoms with van der Waals surface area (Å²) in [6, 6.07) is 6.01. The van der Waals surface area contributed by atoms with Crippen molar-refractivity contribution in [3.63, 3.8) is 0 Å². The number of nitrogens with one attached hydrogen (secondary N) is 1. The standard InChI is InChI=1S/C15H18FNO3S/c1-21(19,20)10-2-7-15(8-9-17-14(15)18)11-12-3-5-13(16)6-4-12/h3-6,8-9H,2,7,10-11H2,1H3,(H,17,18). The molecule has 1 unspecified atom stereocenters. The van der Waals surface area contributed by atoms with Crippen molar-refractivity contribution in [3.8, 4) is 0 Å². The zero-order chi connectivity index (χ0) is 15.5. The Bertz CT molecular complexity index is 652. The van der Waals surface area contributed by atoms with Crippen LogP contribution in [-0.2, 0) is 21.1 Å². The Kier molecular flexibility index (Phi) is 4.46. The van der Waals surface area contributed by atoms with Gasteiger partial charge in [-0.25, -0.2) is 12.8 Å². The smallest absolute Gasteiger partial charge is 0.234 e. The van der Waals surface area contributed by atoms with Gasteiger partial charge in [0.25, 0.3) is 0 Å². The Hall–Kier alpha value is -1.69. The lowest BCUT2D eigenvalue weighted by molar-refractivity contribution is -0.126. The summed E-state index contributed by atoms with van der Waals surface area (Å²) >= 11 is 0. The molecule has 1 aliphatic rings. The molecule has 0 saturated heterocycles. The van der Waals surface area contributed by atoms with Crippen LogP contribution in [-0.4, -0.2) is 26.3 Å². The first-order valence-corrected chi connectivity index (χ1v) is 8.78. The molecule has 21 heavy (non-hydrogen) atoms. The van der Waals surface area contributed by atoms with E-state index in [1.54, 1.807) is 24.4 Å². The Balaban J connectivity index is 2.12. The number of hydrogen-bond acceptors (Lipinski definition) is 3. The van der Waals surface area contributed by atoms with Crippen LogP contribution in [0.4, 0.5) is 4.39 Å². The molecule has 0 bridgehead atoms. The zero-order valence-corrected chi connectivity index (χ0v) is 12.6. The molecule has 0 aliphatic carbocycles. The molecule has 1 aliphatic heterocycles. The first kappa shape index (κ1) is 15.7. The fourth-order valence-corrected chi connectivity index (χ4v) is 3.21. The summed E-state index contributed by atoms with van der Waals surface area (Å²) in [5.74, 6) is -0.407. The van der Waals surface area contributed by atoms with Crippen molar-refractivity contribution in [2.45, 2.75) is 19.3 Å². The van der Waals surface area contributed by atoms with Gasteiger partial charge in [-0.05, 0) is 37.0 Å². The Labute approximate surface area is 124 Å². The lowest BCUT2D eigenvalue weighted by Gasteiger charge is -2.25. The third kappa shape index (κ3) is 4.14. The SMILES string of the molecule is CS(=O)(=O)CCCC1(Cc2ccc(F)cc2)C=CNC1=O. The maximum absolute atomic E-state index is 12.9. The van der Waals surface area contributed by atoms with E-state index < -0.39 is 15.3 Å². The van der Waals surface area contributed by atoms with Crippen molar-refractivity contribution >= 4 is 15.7 Å². The van der Waals surface area contributed by atoms with Crippen LogP contribution in [0.3, 0.4) is 0 Å². The van der Waals surface area contributed by atoms with Crippen molar-refractivity contribution in [1.82, 2.24) is 5.32 Å². The minimum absolute atomic E-state index is 0.0548. The van der Waals surface area contributed by atoms with Crippen LogP contribution in [0.25, 0.3) is 0 Å². The number of rotatable bonds is 6. The number of carbonyl (C=O) groups is 1. The van der Waals surface area contributed by atoms with Gasteiger partial charge in [-0.15, -0.1) is 0 Å². The van der Waals surface area contributed by atoms with Crippen LogP contribution in [0.15, 0.2) is 36.5 Å². The van der Waals surface area contributed by atoms with E-state index in [4.69, 9.17) is 0 Å². The van der Waals surface area contributed by atoms with Gasteiger partial charge in [-0.1, -0.05) is 18.2 Å². The fraction of sp³-hybridized carbons (Fsp3) is 0.400. The van der Waals surface area contributed by atoms with Crippen LogP contribution >= 0.6 is 0 Å². The van der Waals surface area contributed by atoms with Crippen LogP contribution in [0.2, 0.25) is 0 Å². The topological polar surface area (TPSA) is 63.2 Å². The molecule has 114 valence electrons. The summed E-state index contributed by atoms with van der Waals surface area (Å²) < 4.78 is 35.4. The predicted octanol–water partition coefficient (Wildman–Crippen LogP) is 1.82. The molecule has 4 nitrogen and oxygen atoms in total. The van der Waals surface area contributed by atoms with E-state index in [2.05, 4.69) is 5.32 Å². The molecule has 1 amide bonds. The third-order valence-electron chi connectivity index (χ3n) is 3.64. The summed E-state index contributed by atoms with van der Waals surface area (Å²) in [7, 11) is -3.04. The first-order valence-electron chi connectivity index (χ1n) is 6.72. The van der Waals surface area contributed by atoms with E-state index in [0.29, 0.717) is 19.3 Å². The van der Waals surface area contributed by atoms with Gasteiger partial charge in [0.05, 0.1) is 5.41 Å². The molecule has 0 spiro atoms. The Morgan fingerprint density at radius 3 is 2.43 bits per heavy atom. The Morgan fingerprint density at radius 2 is 1.90 bits per heavy atom. The van der Waals surface area contributed by atoms with Crippen molar-refractivity contribution in [1.29, 1.82) is 0 Å². The lowest BCUT2D eigenvalue weighted by Crippen LogP contribution is -2.34. The molecular weight excluding hydrogens is 293 g/mol. The van der Waals surface area contributed by atoms with Crippen molar-refractivity contribution in [2.24, 2.45) is 5.41 Å². The normalized spacial score (nSPS) is 21.5. The third-order valence-corrected chi connectivity index (χ3v) is 4.67. The van der Waals surface area contributed by atoms with E-state index in [-0.39, 0.29) is 17.5 Å². The van der Waals surface area contributed by atoms with E-state index in [0.717, 1.165) is 5.56 Å². The van der Waals surface area contributed by atoms with Crippen molar-refractivity contribution in [2.75, 3.05) is 12.0 Å². The van der Waals surface area contributed by atoms with E-state index in [1.807, 2.05) is 0 Å². The Morgan fingerprint density at radius 1 is 1.24 bits per heavy atom. The number of carbonyl (C=O) groups excluding carboxylic acids is 1. The summed E-state index contributed by atoms with van der Waals surface area (Å²) in [5, 5.41) is 2.65. The molecule has 1 atom stereocenters. The average Bonchev–Trinajstić information content (AvgIpc) is 2.73. The molecule has 1 aromatic rings. The second-order valence-electron chi connectivity index (χ2n) is 5.50. The van der Waals surface area contributed by atoms with Gasteiger partial charge >= 0.3 is 0 Å². The van der Waals surface area contributed by atoms with Gasteiger partial charge in [0, 0.05) is 18.2 Å². The highest BCUT2D eigenvalue weighted by Gasteiger charge is 2.38. The minimum atomic E-state index is -3.04. The first-order chi connectivity index (χ1) is 9.81. The maximum atomic E-state index is 12.9. The number of benzene rings is 1. The summed E-state index contributed by atoms with van der Waals surface area (Å²) in [6.45, 7) is 0. The molecule has 0 radical (unpaired) electrons.